The number of hydrogen-bond acceptors (Lipinski definition) is 1. The molecule has 2 rings (SSSR count). The van der Waals surface area contributed by atoms with E-state index in [9.17, 15) is 0 Å². The Labute approximate surface area is 100 Å². The molecule has 1 aromatic carbocycles. The van der Waals surface area contributed by atoms with E-state index in [1.165, 1.54) is 42.1 Å². The van der Waals surface area contributed by atoms with Crippen LogP contribution in [0.5, 0.6) is 0 Å². The van der Waals surface area contributed by atoms with E-state index in [-0.39, 0.29) is 0 Å². The fourth-order valence-electron chi connectivity index (χ4n) is 2.52. The van der Waals surface area contributed by atoms with E-state index in [0.717, 1.165) is 5.92 Å². The minimum absolute atomic E-state index is 0.441. The van der Waals surface area contributed by atoms with Crippen LogP contribution in [0.4, 0.5) is 0 Å². The highest BCUT2D eigenvalue weighted by atomic mass is 79.9. The molecule has 2 N–H and O–H groups in total. The Kier molecular flexibility index (Phi) is 3.81. The van der Waals surface area contributed by atoms with Crippen molar-refractivity contribution in [1.82, 2.24) is 0 Å². The second-order valence-electron chi connectivity index (χ2n) is 4.63. The molecule has 15 heavy (non-hydrogen) atoms. The predicted octanol–water partition coefficient (Wildman–Crippen LogP) is 3.51. The molecule has 0 saturated heterocycles. The van der Waals surface area contributed by atoms with Gasteiger partial charge in [0.05, 0.1) is 0 Å². The molecule has 0 amide bonds. The summed E-state index contributed by atoms with van der Waals surface area (Å²) in [5.41, 5.74) is 7.43. The SMILES string of the molecule is NC1CCCC(Cc2cccc(Br)c2)C1. The average Bonchev–Trinajstić information content (AvgIpc) is 2.17. The monoisotopic (exact) mass is 267 g/mol. The van der Waals surface area contributed by atoms with Crippen LogP contribution >= 0.6 is 15.9 Å². The van der Waals surface area contributed by atoms with Gasteiger partial charge in [-0.15, -0.1) is 0 Å². The van der Waals surface area contributed by atoms with Gasteiger partial charge in [0.15, 0.2) is 0 Å². The van der Waals surface area contributed by atoms with E-state index < -0.39 is 0 Å². The van der Waals surface area contributed by atoms with Crippen molar-refractivity contribution in [2.45, 2.75) is 38.1 Å². The summed E-state index contributed by atoms with van der Waals surface area (Å²) in [6.45, 7) is 0. The van der Waals surface area contributed by atoms with Gasteiger partial charge in [0.1, 0.15) is 0 Å². The lowest BCUT2D eigenvalue weighted by molar-refractivity contribution is 0.321. The molecular formula is C13H18BrN. The molecule has 2 unspecified atom stereocenters. The predicted molar refractivity (Wildman–Crippen MR) is 67.8 cm³/mol. The van der Waals surface area contributed by atoms with Gasteiger partial charge in [-0.1, -0.05) is 40.9 Å². The van der Waals surface area contributed by atoms with Crippen molar-refractivity contribution in [3.05, 3.63) is 34.3 Å². The van der Waals surface area contributed by atoms with Gasteiger partial charge in [0.2, 0.25) is 0 Å². The molecule has 1 saturated carbocycles. The lowest BCUT2D eigenvalue weighted by Gasteiger charge is -2.26. The molecule has 0 aromatic heterocycles. The summed E-state index contributed by atoms with van der Waals surface area (Å²) in [4.78, 5) is 0. The van der Waals surface area contributed by atoms with Crippen molar-refractivity contribution < 1.29 is 0 Å². The molecule has 0 bridgehead atoms. The summed E-state index contributed by atoms with van der Waals surface area (Å²) in [5.74, 6) is 0.794. The molecule has 82 valence electrons. The highest BCUT2D eigenvalue weighted by molar-refractivity contribution is 9.10. The Morgan fingerprint density at radius 2 is 2.20 bits per heavy atom. The second kappa shape index (κ2) is 5.13. The number of halogens is 1. The Balaban J connectivity index is 1.96. The van der Waals surface area contributed by atoms with Gasteiger partial charge in [-0.3, -0.25) is 0 Å². The zero-order chi connectivity index (χ0) is 10.7. The fourth-order valence-corrected chi connectivity index (χ4v) is 2.96. The topological polar surface area (TPSA) is 26.0 Å². The van der Waals surface area contributed by atoms with Crippen molar-refractivity contribution in [3.8, 4) is 0 Å². The van der Waals surface area contributed by atoms with Crippen LogP contribution in [0.3, 0.4) is 0 Å². The lowest BCUT2D eigenvalue weighted by atomic mass is 9.82. The second-order valence-corrected chi connectivity index (χ2v) is 5.54. The number of hydrogen-bond donors (Lipinski definition) is 1. The van der Waals surface area contributed by atoms with Crippen molar-refractivity contribution in [3.63, 3.8) is 0 Å². The minimum atomic E-state index is 0.441. The molecule has 0 radical (unpaired) electrons. The highest BCUT2D eigenvalue weighted by Crippen LogP contribution is 2.27. The van der Waals surface area contributed by atoms with Crippen LogP contribution in [-0.4, -0.2) is 6.04 Å². The third-order valence-electron chi connectivity index (χ3n) is 3.24. The summed E-state index contributed by atoms with van der Waals surface area (Å²) in [7, 11) is 0. The summed E-state index contributed by atoms with van der Waals surface area (Å²) in [5, 5.41) is 0. The first kappa shape index (κ1) is 11.2. The maximum atomic E-state index is 6.00. The van der Waals surface area contributed by atoms with Crippen LogP contribution in [0.2, 0.25) is 0 Å². The van der Waals surface area contributed by atoms with E-state index in [4.69, 9.17) is 5.73 Å². The van der Waals surface area contributed by atoms with Crippen LogP contribution < -0.4 is 5.73 Å². The molecule has 1 nitrogen and oxygen atoms in total. The molecule has 1 fully saturated rings. The Morgan fingerprint density at radius 1 is 1.33 bits per heavy atom. The zero-order valence-electron chi connectivity index (χ0n) is 8.95. The summed E-state index contributed by atoms with van der Waals surface area (Å²) in [6, 6.07) is 9.07. The van der Waals surface area contributed by atoms with Gasteiger partial charge in [0, 0.05) is 10.5 Å². The summed E-state index contributed by atoms with van der Waals surface area (Å²) in [6.07, 6.45) is 6.26. The fraction of sp³-hybridized carbons (Fsp3) is 0.538. The first-order valence-corrected chi connectivity index (χ1v) is 6.53. The van der Waals surface area contributed by atoms with Crippen molar-refractivity contribution in [1.29, 1.82) is 0 Å². The standard InChI is InChI=1S/C13H18BrN/c14-12-5-1-3-10(8-12)7-11-4-2-6-13(15)9-11/h1,3,5,8,11,13H,2,4,6-7,9,15H2. The van der Waals surface area contributed by atoms with Crippen LogP contribution in [0.15, 0.2) is 28.7 Å². The maximum absolute atomic E-state index is 6.00. The number of rotatable bonds is 2. The first-order chi connectivity index (χ1) is 7.24. The number of benzene rings is 1. The minimum Gasteiger partial charge on any atom is -0.328 e. The zero-order valence-corrected chi connectivity index (χ0v) is 10.5. The van der Waals surface area contributed by atoms with Gasteiger partial charge in [0.25, 0.3) is 0 Å². The van der Waals surface area contributed by atoms with Gasteiger partial charge in [-0.25, -0.2) is 0 Å². The Hall–Kier alpha value is -0.340. The lowest BCUT2D eigenvalue weighted by Crippen LogP contribution is -2.28. The van der Waals surface area contributed by atoms with Crippen LogP contribution in [0, 0.1) is 5.92 Å². The smallest absolute Gasteiger partial charge is 0.0177 e. The van der Waals surface area contributed by atoms with Gasteiger partial charge >= 0.3 is 0 Å². The molecule has 0 aliphatic heterocycles. The van der Waals surface area contributed by atoms with Crippen molar-refractivity contribution >= 4 is 15.9 Å². The summed E-state index contributed by atoms with van der Waals surface area (Å²) >= 11 is 3.51. The average molecular weight is 268 g/mol. The molecule has 2 heteroatoms. The Morgan fingerprint density at radius 3 is 2.93 bits per heavy atom. The van der Waals surface area contributed by atoms with Crippen LogP contribution in [0.25, 0.3) is 0 Å². The van der Waals surface area contributed by atoms with Gasteiger partial charge in [-0.2, -0.15) is 0 Å². The molecule has 0 spiro atoms. The van der Waals surface area contributed by atoms with E-state index in [1.807, 2.05) is 0 Å². The third kappa shape index (κ3) is 3.32. The summed E-state index contributed by atoms with van der Waals surface area (Å²) < 4.78 is 1.18. The van der Waals surface area contributed by atoms with Gasteiger partial charge < -0.3 is 5.73 Å². The third-order valence-corrected chi connectivity index (χ3v) is 3.73. The first-order valence-electron chi connectivity index (χ1n) is 5.74. The quantitative estimate of drug-likeness (QED) is 0.872. The van der Waals surface area contributed by atoms with Crippen molar-refractivity contribution in [2.24, 2.45) is 11.7 Å². The maximum Gasteiger partial charge on any atom is 0.0177 e. The molecule has 0 heterocycles. The normalized spacial score (nSPS) is 26.5. The van der Waals surface area contributed by atoms with E-state index >= 15 is 0 Å². The van der Waals surface area contributed by atoms with E-state index in [2.05, 4.69) is 40.2 Å². The molecule has 2 atom stereocenters. The Bertz CT molecular complexity index is 324. The molecule has 1 aliphatic carbocycles. The van der Waals surface area contributed by atoms with Crippen LogP contribution in [-0.2, 0) is 6.42 Å². The molecule has 1 aromatic rings. The van der Waals surface area contributed by atoms with Crippen molar-refractivity contribution in [2.75, 3.05) is 0 Å². The highest BCUT2D eigenvalue weighted by Gasteiger charge is 2.19. The van der Waals surface area contributed by atoms with E-state index in [1.54, 1.807) is 0 Å². The van der Waals surface area contributed by atoms with E-state index in [0.29, 0.717) is 6.04 Å². The molecule has 1 aliphatic rings. The van der Waals surface area contributed by atoms with Gasteiger partial charge in [-0.05, 0) is 42.9 Å². The largest absolute Gasteiger partial charge is 0.328 e. The van der Waals surface area contributed by atoms with Crippen LogP contribution in [0.1, 0.15) is 31.2 Å². The number of nitrogens with two attached hydrogens (primary N) is 1. The molecular weight excluding hydrogens is 250 g/mol.